The van der Waals surface area contributed by atoms with Crippen molar-refractivity contribution >= 4 is 32.0 Å². The molecule has 0 unspecified atom stereocenters. The van der Waals surface area contributed by atoms with E-state index in [-0.39, 0.29) is 25.0 Å². The molecule has 34 heavy (non-hydrogen) atoms. The quantitative estimate of drug-likeness (QED) is 0.291. The van der Waals surface area contributed by atoms with Crippen LogP contribution in [0.1, 0.15) is 69.2 Å². The minimum Gasteiger partial charge on any atom is -0.461 e. The van der Waals surface area contributed by atoms with E-state index in [0.29, 0.717) is 0 Å². The Kier molecular flexibility index (Phi) is 11.9. The summed E-state index contributed by atoms with van der Waals surface area (Å²) in [6.45, 7) is 16.1. The molecule has 0 fully saturated rings. The second kappa shape index (κ2) is 12.5. The number of sulfonamides is 2. The summed E-state index contributed by atoms with van der Waals surface area (Å²) < 4.78 is 62.7. The van der Waals surface area contributed by atoms with Crippen molar-refractivity contribution in [1.29, 1.82) is 0 Å². The molecule has 0 rings (SSSR count). The lowest BCUT2D eigenvalue weighted by Gasteiger charge is -2.27. The van der Waals surface area contributed by atoms with Crippen molar-refractivity contribution < 1.29 is 35.9 Å². The second-order valence-corrected chi connectivity index (χ2v) is 15.7. The number of nitrogens with one attached hydrogen (secondary N) is 2. The number of hydrogen-bond donors (Lipinski definition) is 2. The Morgan fingerprint density at radius 2 is 0.941 bits per heavy atom. The van der Waals surface area contributed by atoms with Gasteiger partial charge in [0.2, 0.25) is 20.0 Å². The van der Waals surface area contributed by atoms with Gasteiger partial charge >= 0.3 is 11.9 Å². The number of carbonyl (C=O) groups excluding carboxylic acids is 2. The molecule has 12 heteroatoms. The number of hydrogen-bond acceptors (Lipinski definition) is 8. The standard InChI is InChI=1S/C22H42N2O8S2/c1-15(2)17(23-33(27,28)21(5,6)7)13-31-19(25)11-12-20(26)32-14-18(16(3)4)24-34(29,30)22(8,9)10/h11-12,15-18,23-24H,13-14H2,1-10H3/b12-11+/t17-,18-/m1/s1. The smallest absolute Gasteiger partial charge is 0.331 e. The lowest BCUT2D eigenvalue weighted by atomic mass is 10.1. The molecule has 0 saturated carbocycles. The van der Waals surface area contributed by atoms with Crippen molar-refractivity contribution in [3.05, 3.63) is 12.2 Å². The highest BCUT2D eigenvalue weighted by molar-refractivity contribution is 7.91. The van der Waals surface area contributed by atoms with Crippen molar-refractivity contribution in [3.63, 3.8) is 0 Å². The van der Waals surface area contributed by atoms with Crippen LogP contribution in [0.5, 0.6) is 0 Å². The highest BCUT2D eigenvalue weighted by Gasteiger charge is 2.33. The Bertz CT molecular complexity index is 849. The van der Waals surface area contributed by atoms with E-state index in [0.717, 1.165) is 12.2 Å². The molecule has 0 amide bonds. The van der Waals surface area contributed by atoms with Gasteiger partial charge in [-0.1, -0.05) is 27.7 Å². The van der Waals surface area contributed by atoms with Gasteiger partial charge in [-0.05, 0) is 53.4 Å². The molecule has 0 aromatic heterocycles. The molecule has 0 aromatic carbocycles. The van der Waals surface area contributed by atoms with E-state index in [1.54, 1.807) is 69.2 Å². The summed E-state index contributed by atoms with van der Waals surface area (Å²) in [5.74, 6) is -1.98. The molecule has 0 bridgehead atoms. The van der Waals surface area contributed by atoms with Crippen LogP contribution in [-0.4, -0.2) is 63.6 Å². The van der Waals surface area contributed by atoms with Gasteiger partial charge in [0, 0.05) is 12.2 Å². The molecule has 2 atom stereocenters. The van der Waals surface area contributed by atoms with E-state index in [9.17, 15) is 26.4 Å². The zero-order valence-electron chi connectivity index (χ0n) is 22.0. The lowest BCUT2D eigenvalue weighted by Crippen LogP contribution is -2.48. The molecule has 0 aromatic rings. The van der Waals surface area contributed by atoms with Crippen molar-refractivity contribution in [2.45, 2.75) is 90.8 Å². The maximum atomic E-state index is 12.4. The van der Waals surface area contributed by atoms with Crippen LogP contribution in [0, 0.1) is 11.8 Å². The van der Waals surface area contributed by atoms with Crippen LogP contribution in [0.3, 0.4) is 0 Å². The first kappa shape index (κ1) is 32.5. The minimum atomic E-state index is -3.64. The van der Waals surface area contributed by atoms with E-state index in [4.69, 9.17) is 9.47 Å². The zero-order chi connectivity index (χ0) is 27.1. The van der Waals surface area contributed by atoms with Gasteiger partial charge in [-0.25, -0.2) is 35.9 Å². The molecule has 2 N–H and O–H groups in total. The molecular formula is C22H42N2O8S2. The van der Waals surface area contributed by atoms with Crippen LogP contribution in [-0.2, 0) is 39.1 Å². The van der Waals surface area contributed by atoms with E-state index in [1.807, 2.05) is 0 Å². The third-order valence-corrected chi connectivity index (χ3v) is 9.45. The average molecular weight is 527 g/mol. The molecule has 10 nitrogen and oxygen atoms in total. The van der Waals surface area contributed by atoms with Crippen molar-refractivity contribution in [1.82, 2.24) is 9.44 Å². The van der Waals surface area contributed by atoms with E-state index in [1.165, 1.54) is 0 Å². The van der Waals surface area contributed by atoms with Gasteiger partial charge in [-0.15, -0.1) is 0 Å². The first-order chi connectivity index (χ1) is 15.1. The van der Waals surface area contributed by atoms with Crippen molar-refractivity contribution in [3.8, 4) is 0 Å². The molecule has 0 spiro atoms. The molecule has 200 valence electrons. The number of carbonyl (C=O) groups is 2. The summed E-state index contributed by atoms with van der Waals surface area (Å²) in [4.78, 5) is 24.0. The minimum absolute atomic E-state index is 0.149. The van der Waals surface area contributed by atoms with Crippen LogP contribution < -0.4 is 9.44 Å². The van der Waals surface area contributed by atoms with E-state index < -0.39 is 53.6 Å². The molecule has 0 aliphatic carbocycles. The van der Waals surface area contributed by atoms with Gasteiger partial charge in [0.15, 0.2) is 0 Å². The maximum absolute atomic E-state index is 12.4. The monoisotopic (exact) mass is 526 g/mol. The first-order valence-electron chi connectivity index (χ1n) is 11.2. The molecule has 0 saturated heterocycles. The Labute approximate surface area is 205 Å². The summed E-state index contributed by atoms with van der Waals surface area (Å²) >= 11 is 0. The molecule has 0 radical (unpaired) electrons. The Morgan fingerprint density at radius 3 is 1.15 bits per heavy atom. The van der Waals surface area contributed by atoms with Gasteiger partial charge in [-0.2, -0.15) is 0 Å². The third kappa shape index (κ3) is 10.8. The summed E-state index contributed by atoms with van der Waals surface area (Å²) in [7, 11) is -7.29. The average Bonchev–Trinajstić information content (AvgIpc) is 2.64. The maximum Gasteiger partial charge on any atom is 0.331 e. The highest BCUT2D eigenvalue weighted by Crippen LogP contribution is 2.17. The predicted octanol–water partition coefficient (Wildman–Crippen LogP) is 2.11. The topological polar surface area (TPSA) is 145 Å². The van der Waals surface area contributed by atoms with E-state index in [2.05, 4.69) is 9.44 Å². The van der Waals surface area contributed by atoms with Crippen molar-refractivity contribution in [2.24, 2.45) is 11.8 Å². The number of rotatable bonds is 12. The number of esters is 2. The SMILES string of the molecule is CC(C)[C@@H](COC(=O)/C=C/C(=O)OC[C@@H](NS(=O)(=O)C(C)(C)C)C(C)C)NS(=O)(=O)C(C)(C)C. The van der Waals surface area contributed by atoms with Gasteiger partial charge in [0.1, 0.15) is 13.2 Å². The largest absolute Gasteiger partial charge is 0.461 e. The Morgan fingerprint density at radius 1 is 0.676 bits per heavy atom. The summed E-state index contributed by atoms with van der Waals surface area (Å²) in [6.07, 6.45) is 1.75. The molecule has 0 aliphatic heterocycles. The van der Waals surface area contributed by atoms with Crippen LogP contribution in [0.4, 0.5) is 0 Å². The Balaban J connectivity index is 4.92. The first-order valence-corrected chi connectivity index (χ1v) is 14.1. The fraction of sp³-hybridized carbons (Fsp3) is 0.818. The lowest BCUT2D eigenvalue weighted by molar-refractivity contribution is -0.141. The second-order valence-electron chi connectivity index (χ2n) is 10.8. The van der Waals surface area contributed by atoms with Gasteiger partial charge in [0.25, 0.3) is 0 Å². The number of ether oxygens (including phenoxy) is 2. The zero-order valence-corrected chi connectivity index (χ0v) is 23.6. The van der Waals surface area contributed by atoms with Gasteiger partial charge in [-0.3, -0.25) is 0 Å². The van der Waals surface area contributed by atoms with Crippen LogP contribution in [0.25, 0.3) is 0 Å². The molecule has 0 heterocycles. The predicted molar refractivity (Wildman–Crippen MR) is 132 cm³/mol. The molecular weight excluding hydrogens is 484 g/mol. The molecule has 0 aliphatic rings. The van der Waals surface area contributed by atoms with Gasteiger partial charge < -0.3 is 9.47 Å². The summed E-state index contributed by atoms with van der Waals surface area (Å²) in [5.41, 5.74) is 0. The fourth-order valence-electron chi connectivity index (χ4n) is 2.05. The highest BCUT2D eigenvalue weighted by atomic mass is 32.2. The van der Waals surface area contributed by atoms with Crippen LogP contribution in [0.2, 0.25) is 0 Å². The normalized spacial score (nSPS) is 15.5. The van der Waals surface area contributed by atoms with Crippen LogP contribution in [0.15, 0.2) is 12.2 Å². The summed E-state index contributed by atoms with van der Waals surface area (Å²) in [6, 6.07) is -1.28. The Hall–Kier alpha value is -1.50. The van der Waals surface area contributed by atoms with Crippen LogP contribution >= 0.6 is 0 Å². The fourth-order valence-corrected chi connectivity index (χ4v) is 4.24. The third-order valence-electron chi connectivity index (χ3n) is 5.00. The van der Waals surface area contributed by atoms with E-state index >= 15 is 0 Å². The summed E-state index contributed by atoms with van der Waals surface area (Å²) in [5, 5.41) is 0. The van der Waals surface area contributed by atoms with Gasteiger partial charge in [0.05, 0.1) is 21.6 Å². The van der Waals surface area contributed by atoms with Crippen molar-refractivity contribution in [2.75, 3.05) is 13.2 Å².